The van der Waals surface area contributed by atoms with Gasteiger partial charge in [0.15, 0.2) is 0 Å². The van der Waals surface area contributed by atoms with Crippen molar-refractivity contribution in [1.82, 2.24) is 4.90 Å². The van der Waals surface area contributed by atoms with Crippen molar-refractivity contribution in [3.63, 3.8) is 0 Å². The Hall–Kier alpha value is -2.37. The number of fused-ring (bicyclic) bond motifs is 1. The lowest BCUT2D eigenvalue weighted by Gasteiger charge is -2.21. The molecule has 0 aromatic heterocycles. The monoisotopic (exact) mass is 262 g/mol. The molecule has 1 aromatic rings. The second kappa shape index (κ2) is 4.72. The van der Waals surface area contributed by atoms with E-state index in [1.807, 2.05) is 0 Å². The second-order valence-corrected chi connectivity index (χ2v) is 4.53. The molecule has 0 fully saturated rings. The SMILES string of the molecule is CC(CCC(=O)O)N1C(=O)c2cccc(N)c2C1=O. The quantitative estimate of drug-likeness (QED) is 0.625. The van der Waals surface area contributed by atoms with Crippen LogP contribution in [0.4, 0.5) is 5.69 Å². The van der Waals surface area contributed by atoms with Crippen LogP contribution in [0, 0.1) is 0 Å². The van der Waals surface area contributed by atoms with Crippen LogP contribution in [0.5, 0.6) is 0 Å². The molecule has 1 heterocycles. The third kappa shape index (κ3) is 2.16. The topological polar surface area (TPSA) is 101 Å². The van der Waals surface area contributed by atoms with E-state index in [1.54, 1.807) is 25.1 Å². The number of anilines is 1. The molecule has 100 valence electrons. The third-order valence-electron chi connectivity index (χ3n) is 3.20. The van der Waals surface area contributed by atoms with E-state index in [1.165, 1.54) is 0 Å². The van der Waals surface area contributed by atoms with Gasteiger partial charge in [0.25, 0.3) is 11.8 Å². The van der Waals surface area contributed by atoms with Crippen LogP contribution in [0.2, 0.25) is 0 Å². The smallest absolute Gasteiger partial charge is 0.303 e. The van der Waals surface area contributed by atoms with Crippen molar-refractivity contribution in [2.45, 2.75) is 25.8 Å². The van der Waals surface area contributed by atoms with Gasteiger partial charge in [0.05, 0.1) is 11.1 Å². The number of carbonyl (C=O) groups excluding carboxylic acids is 2. The van der Waals surface area contributed by atoms with Crippen LogP contribution < -0.4 is 5.73 Å². The number of aliphatic carboxylic acids is 1. The van der Waals surface area contributed by atoms with Crippen molar-refractivity contribution in [2.24, 2.45) is 0 Å². The van der Waals surface area contributed by atoms with E-state index in [0.717, 1.165) is 4.90 Å². The lowest BCUT2D eigenvalue weighted by atomic mass is 10.1. The maximum absolute atomic E-state index is 12.2. The number of imide groups is 1. The Morgan fingerprint density at radius 1 is 1.37 bits per heavy atom. The van der Waals surface area contributed by atoms with Crippen molar-refractivity contribution in [2.75, 3.05) is 5.73 Å². The molecule has 1 atom stereocenters. The zero-order valence-corrected chi connectivity index (χ0v) is 10.4. The van der Waals surface area contributed by atoms with Crippen LogP contribution in [-0.4, -0.2) is 33.8 Å². The number of carboxylic acid groups (broad SMARTS) is 1. The zero-order chi connectivity index (χ0) is 14.2. The largest absolute Gasteiger partial charge is 0.481 e. The molecule has 6 heteroatoms. The standard InChI is InChI=1S/C13H14N2O4/c1-7(5-6-10(16)17)15-12(18)8-3-2-4-9(14)11(8)13(15)19/h2-4,7H,5-6,14H2,1H3,(H,16,17). The minimum Gasteiger partial charge on any atom is -0.481 e. The van der Waals surface area contributed by atoms with Gasteiger partial charge >= 0.3 is 5.97 Å². The van der Waals surface area contributed by atoms with Gasteiger partial charge in [-0.25, -0.2) is 0 Å². The van der Waals surface area contributed by atoms with Crippen LogP contribution in [-0.2, 0) is 4.79 Å². The second-order valence-electron chi connectivity index (χ2n) is 4.53. The van der Waals surface area contributed by atoms with Gasteiger partial charge in [-0.05, 0) is 25.5 Å². The Morgan fingerprint density at radius 2 is 2.05 bits per heavy atom. The van der Waals surface area contributed by atoms with Gasteiger partial charge in [0.2, 0.25) is 0 Å². The molecule has 0 bridgehead atoms. The van der Waals surface area contributed by atoms with Gasteiger partial charge in [-0.15, -0.1) is 0 Å². The molecular weight excluding hydrogens is 248 g/mol. The number of nitrogen functional groups attached to an aromatic ring is 1. The fourth-order valence-corrected chi connectivity index (χ4v) is 2.19. The normalized spacial score (nSPS) is 15.5. The summed E-state index contributed by atoms with van der Waals surface area (Å²) in [5.41, 5.74) is 6.48. The molecule has 2 rings (SSSR count). The van der Waals surface area contributed by atoms with Gasteiger partial charge in [0.1, 0.15) is 0 Å². The van der Waals surface area contributed by atoms with Gasteiger partial charge in [0, 0.05) is 18.2 Å². The molecule has 0 aliphatic carbocycles. The molecule has 0 radical (unpaired) electrons. The molecule has 19 heavy (non-hydrogen) atoms. The molecule has 6 nitrogen and oxygen atoms in total. The van der Waals surface area contributed by atoms with Crippen LogP contribution in [0.3, 0.4) is 0 Å². The number of benzene rings is 1. The van der Waals surface area contributed by atoms with E-state index >= 15 is 0 Å². The Balaban J connectivity index is 2.27. The molecular formula is C13H14N2O4. The minimum absolute atomic E-state index is 0.0932. The van der Waals surface area contributed by atoms with E-state index in [9.17, 15) is 14.4 Å². The molecule has 0 spiro atoms. The van der Waals surface area contributed by atoms with Gasteiger partial charge in [-0.2, -0.15) is 0 Å². The Labute approximate surface area is 109 Å². The summed E-state index contributed by atoms with van der Waals surface area (Å²) in [6, 6.07) is 4.26. The number of hydrogen-bond acceptors (Lipinski definition) is 4. The summed E-state index contributed by atoms with van der Waals surface area (Å²) < 4.78 is 0. The van der Waals surface area contributed by atoms with Crippen molar-refractivity contribution >= 4 is 23.5 Å². The molecule has 1 unspecified atom stereocenters. The maximum atomic E-state index is 12.2. The first-order valence-electron chi connectivity index (χ1n) is 5.91. The number of amides is 2. The molecule has 3 N–H and O–H groups in total. The van der Waals surface area contributed by atoms with Crippen LogP contribution in [0.15, 0.2) is 18.2 Å². The molecule has 1 aromatic carbocycles. The van der Waals surface area contributed by atoms with E-state index < -0.39 is 23.8 Å². The highest BCUT2D eigenvalue weighted by molar-refractivity contribution is 6.23. The summed E-state index contributed by atoms with van der Waals surface area (Å²) in [7, 11) is 0. The van der Waals surface area contributed by atoms with Crippen molar-refractivity contribution in [3.8, 4) is 0 Å². The molecule has 0 saturated heterocycles. The van der Waals surface area contributed by atoms with Gasteiger partial charge in [-0.1, -0.05) is 6.07 Å². The van der Waals surface area contributed by atoms with Crippen LogP contribution in [0.25, 0.3) is 0 Å². The third-order valence-corrected chi connectivity index (χ3v) is 3.20. The predicted octanol–water partition coefficient (Wildman–Crippen LogP) is 1.12. The maximum Gasteiger partial charge on any atom is 0.303 e. The van der Waals surface area contributed by atoms with E-state index in [-0.39, 0.29) is 29.7 Å². The summed E-state index contributed by atoms with van der Waals surface area (Å²) in [6.45, 7) is 1.65. The fourth-order valence-electron chi connectivity index (χ4n) is 2.19. The highest BCUT2D eigenvalue weighted by Gasteiger charge is 2.39. The number of rotatable bonds is 4. The number of carboxylic acids is 1. The first-order chi connectivity index (χ1) is 8.93. The van der Waals surface area contributed by atoms with Crippen molar-refractivity contribution in [3.05, 3.63) is 29.3 Å². The van der Waals surface area contributed by atoms with Crippen molar-refractivity contribution < 1.29 is 19.5 Å². The average Bonchev–Trinajstić information content (AvgIpc) is 2.60. The summed E-state index contributed by atoms with van der Waals surface area (Å²) in [5.74, 6) is -1.82. The highest BCUT2D eigenvalue weighted by atomic mass is 16.4. The Kier molecular flexibility index (Phi) is 3.25. The molecule has 2 amide bonds. The van der Waals surface area contributed by atoms with Crippen LogP contribution in [0.1, 0.15) is 40.5 Å². The number of nitrogens with zero attached hydrogens (tertiary/aromatic N) is 1. The first kappa shape index (κ1) is 13.1. The molecule has 1 aliphatic rings. The summed E-state index contributed by atoms with van der Waals surface area (Å²) >= 11 is 0. The van der Waals surface area contributed by atoms with Gasteiger partial charge < -0.3 is 10.8 Å². The fraction of sp³-hybridized carbons (Fsp3) is 0.308. The van der Waals surface area contributed by atoms with E-state index in [4.69, 9.17) is 10.8 Å². The average molecular weight is 262 g/mol. The number of carbonyl (C=O) groups is 3. The zero-order valence-electron chi connectivity index (χ0n) is 10.4. The Bertz CT molecular complexity index is 568. The van der Waals surface area contributed by atoms with Crippen molar-refractivity contribution in [1.29, 1.82) is 0 Å². The van der Waals surface area contributed by atoms with Crippen LogP contribution >= 0.6 is 0 Å². The lowest BCUT2D eigenvalue weighted by Crippen LogP contribution is -2.38. The summed E-state index contributed by atoms with van der Waals surface area (Å²) in [4.78, 5) is 36.0. The molecule has 0 saturated carbocycles. The molecule has 1 aliphatic heterocycles. The summed E-state index contributed by atoms with van der Waals surface area (Å²) in [5, 5.41) is 8.65. The number of nitrogens with two attached hydrogens (primary N) is 1. The number of hydrogen-bond donors (Lipinski definition) is 2. The summed E-state index contributed by atoms with van der Waals surface area (Å²) in [6.07, 6.45) is 0.130. The Morgan fingerprint density at radius 3 is 2.63 bits per heavy atom. The van der Waals surface area contributed by atoms with Gasteiger partial charge in [-0.3, -0.25) is 19.3 Å². The van der Waals surface area contributed by atoms with E-state index in [0.29, 0.717) is 0 Å². The highest BCUT2D eigenvalue weighted by Crippen LogP contribution is 2.29. The minimum atomic E-state index is -0.956. The first-order valence-corrected chi connectivity index (χ1v) is 5.91. The van der Waals surface area contributed by atoms with E-state index in [2.05, 4.69) is 0 Å². The lowest BCUT2D eigenvalue weighted by molar-refractivity contribution is -0.137. The predicted molar refractivity (Wildman–Crippen MR) is 67.7 cm³/mol.